The van der Waals surface area contributed by atoms with Crippen LogP contribution in [0, 0.1) is 0 Å². The zero-order chi connectivity index (χ0) is 12.3. The lowest BCUT2D eigenvalue weighted by atomic mass is 10.2. The lowest BCUT2D eigenvalue weighted by Gasteiger charge is -2.19. The number of anilines is 2. The molecule has 0 unspecified atom stereocenters. The van der Waals surface area contributed by atoms with E-state index in [2.05, 4.69) is 10.2 Å². The van der Waals surface area contributed by atoms with E-state index in [-0.39, 0.29) is 5.91 Å². The Morgan fingerprint density at radius 1 is 1.41 bits per heavy atom. The molecule has 2 rings (SSSR count). The molecular weight excluding hydrogens is 236 g/mol. The number of nitrogens with one attached hydrogen (secondary N) is 1. The Morgan fingerprint density at radius 3 is 2.71 bits per heavy atom. The fourth-order valence-electron chi connectivity index (χ4n) is 2.05. The Kier molecular flexibility index (Phi) is 3.89. The maximum Gasteiger partial charge on any atom is 0.224 e. The molecule has 17 heavy (non-hydrogen) atoms. The summed E-state index contributed by atoms with van der Waals surface area (Å²) in [6, 6.07) is 5.72. The molecule has 4 heteroatoms. The van der Waals surface area contributed by atoms with Crippen LogP contribution in [0.2, 0.25) is 5.02 Å². The normalized spacial score (nSPS) is 15.1. The van der Waals surface area contributed by atoms with Crippen molar-refractivity contribution in [1.82, 2.24) is 0 Å². The number of rotatable bonds is 3. The first-order valence-corrected chi connectivity index (χ1v) is 6.43. The molecule has 1 saturated heterocycles. The smallest absolute Gasteiger partial charge is 0.224 e. The van der Waals surface area contributed by atoms with Crippen LogP contribution in [0.5, 0.6) is 0 Å². The lowest BCUT2D eigenvalue weighted by molar-refractivity contribution is -0.115. The SMILES string of the molecule is CCC(=O)Nc1ccc(N2CCCC2)c(Cl)c1. The van der Waals surface area contributed by atoms with E-state index in [1.165, 1.54) is 12.8 Å². The lowest BCUT2D eigenvalue weighted by Crippen LogP contribution is -2.18. The summed E-state index contributed by atoms with van der Waals surface area (Å²) in [6.07, 6.45) is 2.93. The second-order valence-corrected chi connectivity index (χ2v) is 4.67. The monoisotopic (exact) mass is 252 g/mol. The number of halogens is 1. The maximum absolute atomic E-state index is 11.3. The van der Waals surface area contributed by atoms with Crippen molar-refractivity contribution in [2.75, 3.05) is 23.3 Å². The van der Waals surface area contributed by atoms with E-state index in [0.29, 0.717) is 11.4 Å². The molecule has 1 heterocycles. The molecule has 0 atom stereocenters. The highest BCUT2D eigenvalue weighted by molar-refractivity contribution is 6.33. The minimum atomic E-state index is 0.00925. The van der Waals surface area contributed by atoms with Crippen molar-refractivity contribution in [3.05, 3.63) is 23.2 Å². The Balaban J connectivity index is 2.13. The molecule has 1 fully saturated rings. The van der Waals surface area contributed by atoms with Gasteiger partial charge in [0.25, 0.3) is 0 Å². The molecule has 0 aromatic heterocycles. The average Bonchev–Trinajstić information content (AvgIpc) is 2.82. The molecule has 1 amide bonds. The summed E-state index contributed by atoms with van der Waals surface area (Å²) < 4.78 is 0. The molecule has 1 aliphatic rings. The molecule has 3 nitrogen and oxygen atoms in total. The van der Waals surface area contributed by atoms with Crippen molar-refractivity contribution in [1.29, 1.82) is 0 Å². The topological polar surface area (TPSA) is 32.3 Å². The molecular formula is C13H17ClN2O. The minimum Gasteiger partial charge on any atom is -0.370 e. The summed E-state index contributed by atoms with van der Waals surface area (Å²) in [5, 5.41) is 3.52. The Labute approximate surface area is 107 Å². The van der Waals surface area contributed by atoms with Crippen LogP contribution >= 0.6 is 11.6 Å². The van der Waals surface area contributed by atoms with Gasteiger partial charge in [0.15, 0.2) is 0 Å². The van der Waals surface area contributed by atoms with Gasteiger partial charge in [0.05, 0.1) is 10.7 Å². The Morgan fingerprint density at radius 2 is 2.12 bits per heavy atom. The van der Waals surface area contributed by atoms with Crippen molar-refractivity contribution in [2.24, 2.45) is 0 Å². The number of hydrogen-bond acceptors (Lipinski definition) is 2. The number of nitrogens with zero attached hydrogens (tertiary/aromatic N) is 1. The highest BCUT2D eigenvalue weighted by Gasteiger charge is 2.15. The molecule has 0 radical (unpaired) electrons. The standard InChI is InChI=1S/C13H17ClN2O/c1-2-13(17)15-10-5-6-12(11(14)9-10)16-7-3-4-8-16/h5-6,9H,2-4,7-8H2,1H3,(H,15,17). The van der Waals surface area contributed by atoms with E-state index in [0.717, 1.165) is 24.5 Å². The van der Waals surface area contributed by atoms with Crippen LogP contribution in [0.4, 0.5) is 11.4 Å². The number of hydrogen-bond donors (Lipinski definition) is 1. The van der Waals surface area contributed by atoms with Gasteiger partial charge in [-0.1, -0.05) is 18.5 Å². The van der Waals surface area contributed by atoms with Gasteiger partial charge in [-0.3, -0.25) is 4.79 Å². The van der Waals surface area contributed by atoms with Crippen molar-refractivity contribution >= 4 is 28.9 Å². The van der Waals surface area contributed by atoms with Crippen LogP contribution in [0.15, 0.2) is 18.2 Å². The summed E-state index contributed by atoms with van der Waals surface area (Å²) in [5.74, 6) is 0.00925. The summed E-state index contributed by atoms with van der Waals surface area (Å²) in [7, 11) is 0. The first-order valence-electron chi connectivity index (χ1n) is 6.05. The Bertz CT molecular complexity index is 414. The fraction of sp³-hybridized carbons (Fsp3) is 0.462. The van der Waals surface area contributed by atoms with Crippen molar-refractivity contribution in [2.45, 2.75) is 26.2 Å². The third-order valence-corrected chi connectivity index (χ3v) is 3.30. The second kappa shape index (κ2) is 5.41. The van der Waals surface area contributed by atoms with Gasteiger partial charge in [-0.15, -0.1) is 0 Å². The van der Waals surface area contributed by atoms with Crippen molar-refractivity contribution in [3.8, 4) is 0 Å². The number of carbonyl (C=O) groups excluding carboxylic acids is 1. The van der Waals surface area contributed by atoms with Crippen LogP contribution in [0.3, 0.4) is 0 Å². The van der Waals surface area contributed by atoms with Gasteiger partial charge in [0.1, 0.15) is 0 Å². The molecule has 1 N–H and O–H groups in total. The summed E-state index contributed by atoms with van der Waals surface area (Å²) in [4.78, 5) is 13.6. The average molecular weight is 253 g/mol. The predicted octanol–water partition coefficient (Wildman–Crippen LogP) is 3.29. The molecule has 1 aliphatic heterocycles. The Hall–Kier alpha value is -1.22. The van der Waals surface area contributed by atoms with E-state index in [1.807, 2.05) is 25.1 Å². The number of carbonyl (C=O) groups is 1. The summed E-state index contributed by atoms with van der Waals surface area (Å²) in [6.45, 7) is 3.97. The van der Waals surface area contributed by atoms with E-state index in [4.69, 9.17) is 11.6 Å². The van der Waals surface area contributed by atoms with Crippen LogP contribution < -0.4 is 10.2 Å². The van der Waals surface area contributed by atoms with E-state index < -0.39 is 0 Å². The van der Waals surface area contributed by atoms with E-state index in [1.54, 1.807) is 0 Å². The first-order chi connectivity index (χ1) is 8.20. The highest BCUT2D eigenvalue weighted by Crippen LogP contribution is 2.31. The van der Waals surface area contributed by atoms with E-state index >= 15 is 0 Å². The van der Waals surface area contributed by atoms with Gasteiger partial charge in [-0.25, -0.2) is 0 Å². The first kappa shape index (κ1) is 12.2. The van der Waals surface area contributed by atoms with Gasteiger partial charge in [0.2, 0.25) is 5.91 Å². The quantitative estimate of drug-likeness (QED) is 0.895. The van der Waals surface area contributed by atoms with Gasteiger partial charge in [0, 0.05) is 25.2 Å². The summed E-state index contributed by atoms with van der Waals surface area (Å²) in [5.41, 5.74) is 1.84. The third kappa shape index (κ3) is 2.91. The number of benzene rings is 1. The van der Waals surface area contributed by atoms with Crippen LogP contribution in [-0.4, -0.2) is 19.0 Å². The van der Waals surface area contributed by atoms with Crippen LogP contribution in [0.1, 0.15) is 26.2 Å². The third-order valence-electron chi connectivity index (χ3n) is 3.00. The van der Waals surface area contributed by atoms with Gasteiger partial charge < -0.3 is 10.2 Å². The van der Waals surface area contributed by atoms with Gasteiger partial charge >= 0.3 is 0 Å². The highest BCUT2D eigenvalue weighted by atomic mass is 35.5. The molecule has 1 aromatic rings. The predicted molar refractivity (Wildman–Crippen MR) is 71.8 cm³/mol. The van der Waals surface area contributed by atoms with Crippen molar-refractivity contribution in [3.63, 3.8) is 0 Å². The number of amides is 1. The zero-order valence-corrected chi connectivity index (χ0v) is 10.8. The molecule has 0 spiro atoms. The van der Waals surface area contributed by atoms with Crippen LogP contribution in [0.25, 0.3) is 0 Å². The second-order valence-electron chi connectivity index (χ2n) is 4.26. The van der Waals surface area contributed by atoms with Crippen molar-refractivity contribution < 1.29 is 4.79 Å². The van der Waals surface area contributed by atoms with Gasteiger partial charge in [-0.05, 0) is 31.0 Å². The largest absolute Gasteiger partial charge is 0.370 e. The maximum atomic E-state index is 11.3. The zero-order valence-electron chi connectivity index (χ0n) is 10.0. The molecule has 1 aromatic carbocycles. The molecule has 0 aliphatic carbocycles. The minimum absolute atomic E-state index is 0.00925. The van der Waals surface area contributed by atoms with E-state index in [9.17, 15) is 4.79 Å². The molecule has 0 saturated carbocycles. The fourth-order valence-corrected chi connectivity index (χ4v) is 2.35. The van der Waals surface area contributed by atoms with Crippen LogP contribution in [-0.2, 0) is 4.79 Å². The van der Waals surface area contributed by atoms with Gasteiger partial charge in [-0.2, -0.15) is 0 Å². The molecule has 0 bridgehead atoms. The molecule has 92 valence electrons. The summed E-state index contributed by atoms with van der Waals surface area (Å²) >= 11 is 6.24.